The number of hydrogen-bond acceptors (Lipinski definition) is 6. The monoisotopic (exact) mass is 499 g/mol. The molecule has 8 heteroatoms. The number of ether oxygens (including phenoxy) is 1. The van der Waals surface area contributed by atoms with Crippen molar-refractivity contribution in [2.24, 2.45) is 0 Å². The van der Waals surface area contributed by atoms with Crippen LogP contribution in [-0.4, -0.2) is 53.7 Å². The Bertz CT molecular complexity index is 1120. The number of nitrogen functional groups attached to an aromatic ring is 1. The van der Waals surface area contributed by atoms with Gasteiger partial charge in [0.05, 0.1) is 12.4 Å². The zero-order valence-electron chi connectivity index (χ0n) is 20.9. The molecule has 4 N–H and O–H groups in total. The molecule has 5 rings (SSSR count). The molecule has 2 fully saturated rings. The summed E-state index contributed by atoms with van der Waals surface area (Å²) >= 11 is 0. The van der Waals surface area contributed by atoms with Crippen molar-refractivity contribution < 1.29 is 60.9 Å². The van der Waals surface area contributed by atoms with Gasteiger partial charge in [0, 0.05) is 30.4 Å². The molecule has 2 heterocycles. The summed E-state index contributed by atoms with van der Waals surface area (Å²) in [5, 5.41) is 11.5. The number of rotatable bonds is 5. The molecule has 3 aromatic rings. The second kappa shape index (κ2) is 13.0. The number of hydrogen-bond donors (Lipinski definition) is 3. The largest absolute Gasteiger partial charge is 1.00 e. The fourth-order valence-electron chi connectivity index (χ4n) is 4.51. The zero-order valence-corrected chi connectivity index (χ0v) is 24.0. The van der Waals surface area contributed by atoms with Gasteiger partial charge >= 0.3 is 51.4 Å². The molecule has 35 heavy (non-hydrogen) atoms. The number of nitrogens with two attached hydrogens (primary N) is 1. The average molecular weight is 500 g/mol. The van der Waals surface area contributed by atoms with Gasteiger partial charge in [-0.1, -0.05) is 24.6 Å². The minimum atomic E-state index is 0. The molecule has 0 unspecified atom stereocenters. The van der Waals surface area contributed by atoms with Crippen LogP contribution in [0, 0.1) is 13.8 Å². The van der Waals surface area contributed by atoms with Crippen molar-refractivity contribution in [2.75, 3.05) is 31.2 Å². The van der Waals surface area contributed by atoms with E-state index in [9.17, 15) is 4.79 Å². The van der Waals surface area contributed by atoms with Crippen molar-refractivity contribution >= 4 is 28.7 Å². The Morgan fingerprint density at radius 3 is 2.49 bits per heavy atom. The van der Waals surface area contributed by atoms with Gasteiger partial charge < -0.3 is 25.5 Å². The normalized spacial score (nSPS) is 16.8. The predicted molar refractivity (Wildman–Crippen MR) is 138 cm³/mol. The second-order valence-electron chi connectivity index (χ2n) is 9.34. The van der Waals surface area contributed by atoms with Crippen LogP contribution in [-0.2, 0) is 4.79 Å². The third-order valence-electron chi connectivity index (χ3n) is 6.69. The van der Waals surface area contributed by atoms with E-state index in [4.69, 9.17) is 10.5 Å². The first-order valence-corrected chi connectivity index (χ1v) is 12.0. The molecular formula is C27H34KN5O2-2. The summed E-state index contributed by atoms with van der Waals surface area (Å²) in [7, 11) is 2.15. The van der Waals surface area contributed by atoms with Crippen LogP contribution in [0.1, 0.15) is 55.2 Å². The maximum Gasteiger partial charge on any atom is 1.00 e. The van der Waals surface area contributed by atoms with Crippen molar-refractivity contribution in [2.45, 2.75) is 50.7 Å². The third kappa shape index (κ3) is 7.41. The Morgan fingerprint density at radius 2 is 1.83 bits per heavy atom. The first kappa shape index (κ1) is 27.9. The molecule has 0 atom stereocenters. The Morgan fingerprint density at radius 1 is 1.11 bits per heavy atom. The average Bonchev–Trinajstić information content (AvgIpc) is 3.48. The number of likely N-dealkylation sites (tertiary alicyclic amines) is 1. The van der Waals surface area contributed by atoms with E-state index >= 15 is 0 Å². The van der Waals surface area contributed by atoms with Crippen LogP contribution < -0.4 is 67.2 Å². The van der Waals surface area contributed by atoms with Gasteiger partial charge in [-0.2, -0.15) is 11.2 Å². The number of nitrogens with zero attached hydrogens (tertiary/aromatic N) is 2. The van der Waals surface area contributed by atoms with Crippen molar-refractivity contribution in [1.82, 2.24) is 15.1 Å². The van der Waals surface area contributed by atoms with E-state index in [-0.39, 0.29) is 51.4 Å². The molecule has 2 aliphatic rings. The minimum absolute atomic E-state index is 0. The van der Waals surface area contributed by atoms with Crippen LogP contribution in [0.2, 0.25) is 0 Å². The Labute approximate surface area is 251 Å². The molecule has 7 nitrogen and oxygen atoms in total. The number of carbonyl (C=O) groups excluding carboxylic acids is 1. The van der Waals surface area contributed by atoms with Crippen LogP contribution in [0.4, 0.5) is 11.5 Å². The van der Waals surface area contributed by atoms with Crippen molar-refractivity contribution in [1.29, 1.82) is 0 Å². The smallest absolute Gasteiger partial charge is 0.505 e. The van der Waals surface area contributed by atoms with Crippen LogP contribution in [0.15, 0.2) is 30.3 Å². The van der Waals surface area contributed by atoms with Gasteiger partial charge in [-0.05, 0) is 38.1 Å². The molecule has 1 aliphatic carbocycles. The summed E-state index contributed by atoms with van der Waals surface area (Å²) in [4.78, 5) is 13.1. The number of piperidine rings is 1. The van der Waals surface area contributed by atoms with Gasteiger partial charge in [-0.15, -0.1) is 17.7 Å². The minimum Gasteiger partial charge on any atom is -0.505 e. The van der Waals surface area contributed by atoms with Gasteiger partial charge in [0.2, 0.25) is 0 Å². The van der Waals surface area contributed by atoms with E-state index in [1.54, 1.807) is 12.1 Å². The molecule has 1 aromatic heterocycles. The van der Waals surface area contributed by atoms with Crippen LogP contribution >= 0.6 is 0 Å². The fraction of sp³-hybridized carbons (Fsp3) is 0.407. The van der Waals surface area contributed by atoms with Gasteiger partial charge in [0.25, 0.3) is 0 Å². The van der Waals surface area contributed by atoms with Crippen LogP contribution in [0.5, 0.6) is 5.75 Å². The van der Waals surface area contributed by atoms with E-state index in [2.05, 4.69) is 41.3 Å². The van der Waals surface area contributed by atoms with Crippen molar-refractivity contribution in [3.8, 4) is 5.75 Å². The van der Waals surface area contributed by atoms with Crippen molar-refractivity contribution in [3.05, 3.63) is 60.9 Å². The van der Waals surface area contributed by atoms with Gasteiger partial charge in [-0.25, -0.2) is 6.07 Å². The van der Waals surface area contributed by atoms with E-state index in [1.165, 1.54) is 25.7 Å². The Balaban J connectivity index is 0.000000192. The first-order chi connectivity index (χ1) is 16.4. The third-order valence-corrected chi connectivity index (χ3v) is 6.69. The molecule has 0 amide bonds. The second-order valence-corrected chi connectivity index (χ2v) is 9.34. The summed E-state index contributed by atoms with van der Waals surface area (Å²) < 4.78 is 5.94. The number of fused-ring (bicyclic) bond motifs is 1. The molecular weight excluding hydrogens is 465 g/mol. The van der Waals surface area contributed by atoms with Gasteiger partial charge in [-0.3, -0.25) is 30.1 Å². The van der Waals surface area contributed by atoms with Crippen molar-refractivity contribution in [3.63, 3.8) is 0 Å². The van der Waals surface area contributed by atoms with E-state index in [1.807, 2.05) is 24.5 Å². The molecule has 1 saturated carbocycles. The summed E-state index contributed by atoms with van der Waals surface area (Å²) in [5.41, 5.74) is 9.31. The maximum atomic E-state index is 10.8. The molecule has 0 radical (unpaired) electrons. The van der Waals surface area contributed by atoms with Crippen LogP contribution in [0.3, 0.4) is 0 Å². The summed E-state index contributed by atoms with van der Waals surface area (Å²) in [5.74, 6) is 1.72. The number of aromatic nitrogens is 2. The predicted octanol–water partition coefficient (Wildman–Crippen LogP) is 1.49. The number of benzene rings is 2. The summed E-state index contributed by atoms with van der Waals surface area (Å²) in [6.45, 7) is 10.1. The van der Waals surface area contributed by atoms with E-state index < -0.39 is 0 Å². The summed E-state index contributed by atoms with van der Waals surface area (Å²) in [6, 6.07) is 9.86. The van der Waals surface area contributed by atoms with E-state index in [0.29, 0.717) is 23.4 Å². The molecule has 0 spiro atoms. The molecule has 1 saturated heterocycles. The molecule has 2 aromatic carbocycles. The SMILES string of the molecule is Nc1cc2[nH]nc(NC3CCCC3)c2cc1[C-]=O.[CH2-]c1ccc(OC2CCN(C)CC2)cc1[CH2-].[K+]. The number of H-pyrrole nitrogens is 1. The number of nitrogens with one attached hydrogen (secondary N) is 2. The molecule has 1 aliphatic heterocycles. The topological polar surface area (TPSA) is 96.3 Å². The quantitative estimate of drug-likeness (QED) is 0.280. The maximum absolute atomic E-state index is 10.8. The Hall–Kier alpha value is -1.68. The molecule has 182 valence electrons. The molecule has 0 bridgehead atoms. The number of aromatic amines is 1. The standard InChI is InChI=1S/C14H19NO.C13H15N4O.K/c1-11-4-5-14(10-12(11)2)16-13-6-8-15(3)9-7-13;14-11-6-12-10(5-8(11)7-18)13(17-16-12)15-9-3-1-2-4-9;/h4-5,10,13H,1-2,6-9H2,3H3;5-6,9H,1-4,14H2,(H2,15,16,17);/q-2;-1;+1. The number of anilines is 2. The first-order valence-electron chi connectivity index (χ1n) is 12.0. The van der Waals surface area contributed by atoms with E-state index in [0.717, 1.165) is 59.5 Å². The Kier molecular flexibility index (Phi) is 10.4. The summed E-state index contributed by atoms with van der Waals surface area (Å²) in [6.07, 6.45) is 9.30. The fourth-order valence-corrected chi connectivity index (χ4v) is 4.51. The van der Waals surface area contributed by atoms with Gasteiger partial charge in [0.15, 0.2) is 0 Å². The van der Waals surface area contributed by atoms with Gasteiger partial charge in [0.1, 0.15) is 5.82 Å². The van der Waals surface area contributed by atoms with Crippen LogP contribution in [0.25, 0.3) is 10.9 Å². The zero-order chi connectivity index (χ0) is 24.1.